The van der Waals surface area contributed by atoms with E-state index in [4.69, 9.17) is 14.7 Å². The SMILES string of the molecule is CC(=O)N(C)c1ccc(NC(=O)Nc2ccc(-c3nc(N4CCOCC4)c4cc(F)c(-c5cccnc5)cc4n3)cc2)cc1. The molecule has 1 aliphatic rings. The van der Waals surface area contributed by atoms with Crippen molar-refractivity contribution in [1.29, 1.82) is 0 Å². The maximum atomic E-state index is 15.4. The number of hydrogen-bond donors (Lipinski definition) is 2. The lowest BCUT2D eigenvalue weighted by molar-refractivity contribution is -0.116. The molecule has 3 heterocycles. The molecule has 11 heteroatoms. The first kappa shape index (κ1) is 28.7. The van der Waals surface area contributed by atoms with Gasteiger partial charge in [-0.3, -0.25) is 9.78 Å². The Morgan fingerprint density at radius 3 is 2.23 bits per heavy atom. The molecule has 0 atom stereocenters. The normalized spacial score (nSPS) is 13.0. The summed E-state index contributed by atoms with van der Waals surface area (Å²) in [6.45, 7) is 3.86. The lowest BCUT2D eigenvalue weighted by Crippen LogP contribution is -2.37. The van der Waals surface area contributed by atoms with Crippen LogP contribution in [0.2, 0.25) is 0 Å². The molecular weight excluding hydrogens is 561 g/mol. The van der Waals surface area contributed by atoms with Gasteiger partial charge in [-0.15, -0.1) is 0 Å². The molecule has 10 nitrogen and oxygen atoms in total. The van der Waals surface area contributed by atoms with Crippen LogP contribution in [0.5, 0.6) is 0 Å². The number of nitrogens with zero attached hydrogens (tertiary/aromatic N) is 5. The highest BCUT2D eigenvalue weighted by atomic mass is 19.1. The third-order valence-corrected chi connectivity index (χ3v) is 7.43. The van der Waals surface area contributed by atoms with E-state index in [1.807, 2.05) is 18.2 Å². The van der Waals surface area contributed by atoms with Gasteiger partial charge in [-0.05, 0) is 66.7 Å². The van der Waals surface area contributed by atoms with Crippen molar-refractivity contribution in [2.24, 2.45) is 0 Å². The van der Waals surface area contributed by atoms with E-state index in [-0.39, 0.29) is 11.7 Å². The summed E-state index contributed by atoms with van der Waals surface area (Å²) in [7, 11) is 1.69. The molecule has 6 rings (SSSR count). The van der Waals surface area contributed by atoms with Crippen molar-refractivity contribution >= 4 is 45.7 Å². The first-order valence-corrected chi connectivity index (χ1v) is 14.1. The van der Waals surface area contributed by atoms with Crippen LogP contribution in [0.15, 0.2) is 85.2 Å². The van der Waals surface area contributed by atoms with Crippen LogP contribution in [0.25, 0.3) is 33.4 Å². The van der Waals surface area contributed by atoms with Gasteiger partial charge in [0.15, 0.2) is 5.82 Å². The Hall–Kier alpha value is -5.42. The monoisotopic (exact) mass is 591 g/mol. The third-order valence-electron chi connectivity index (χ3n) is 7.43. The zero-order valence-corrected chi connectivity index (χ0v) is 24.3. The molecule has 1 fully saturated rings. The van der Waals surface area contributed by atoms with Gasteiger partial charge < -0.3 is 25.2 Å². The molecule has 44 heavy (non-hydrogen) atoms. The molecule has 2 aromatic heterocycles. The van der Waals surface area contributed by atoms with Gasteiger partial charge in [0.25, 0.3) is 0 Å². The fourth-order valence-corrected chi connectivity index (χ4v) is 4.97. The average Bonchev–Trinajstić information content (AvgIpc) is 3.05. The fourth-order valence-electron chi connectivity index (χ4n) is 4.97. The maximum absolute atomic E-state index is 15.4. The van der Waals surface area contributed by atoms with E-state index in [1.165, 1.54) is 17.9 Å². The number of halogens is 1. The molecule has 0 spiro atoms. The average molecular weight is 592 g/mol. The van der Waals surface area contributed by atoms with Crippen LogP contribution in [-0.2, 0) is 9.53 Å². The van der Waals surface area contributed by atoms with Gasteiger partial charge in [0.1, 0.15) is 11.6 Å². The van der Waals surface area contributed by atoms with Gasteiger partial charge in [-0.25, -0.2) is 19.2 Å². The van der Waals surface area contributed by atoms with E-state index in [1.54, 1.807) is 68.0 Å². The first-order chi connectivity index (χ1) is 21.4. The van der Waals surface area contributed by atoms with Gasteiger partial charge in [-0.1, -0.05) is 6.07 Å². The summed E-state index contributed by atoms with van der Waals surface area (Å²) in [5.41, 5.74) is 4.31. The van der Waals surface area contributed by atoms with Crippen molar-refractivity contribution in [3.05, 3.63) is 91.0 Å². The molecule has 3 amide bonds. The number of ether oxygens (including phenoxy) is 1. The topological polar surface area (TPSA) is 113 Å². The molecule has 2 N–H and O–H groups in total. The minimum Gasteiger partial charge on any atom is -0.378 e. The molecule has 3 aromatic carbocycles. The standard InChI is InChI=1S/C33H30FN7O3/c1-21(42)40(2)26-11-9-25(10-12-26)37-33(43)36-24-7-5-22(6-8-24)31-38-30-19-27(23-4-3-13-35-20-23)29(34)18-28(30)32(39-31)41-14-16-44-17-15-41/h3-13,18-20H,14-17H2,1-2H3,(H2,36,37,43). The van der Waals surface area contributed by atoms with E-state index in [0.717, 1.165) is 11.3 Å². The number of carbonyl (C=O) groups excluding carboxylic acids is 2. The Balaban J connectivity index is 1.25. The number of rotatable bonds is 6. The summed E-state index contributed by atoms with van der Waals surface area (Å²) >= 11 is 0. The number of carbonyl (C=O) groups is 2. The highest BCUT2D eigenvalue weighted by Crippen LogP contribution is 2.33. The summed E-state index contributed by atoms with van der Waals surface area (Å²) in [6, 6.07) is 20.6. The zero-order chi connectivity index (χ0) is 30.6. The Morgan fingerprint density at radius 2 is 1.59 bits per heavy atom. The minimum atomic E-state index is -0.410. The number of pyridine rings is 1. The van der Waals surface area contributed by atoms with Crippen LogP contribution >= 0.6 is 0 Å². The Morgan fingerprint density at radius 1 is 0.909 bits per heavy atom. The van der Waals surface area contributed by atoms with E-state index in [2.05, 4.69) is 20.5 Å². The number of benzene rings is 3. The van der Waals surface area contributed by atoms with Crippen molar-refractivity contribution in [3.63, 3.8) is 0 Å². The van der Waals surface area contributed by atoms with Crippen molar-refractivity contribution < 1.29 is 18.7 Å². The van der Waals surface area contributed by atoms with Crippen LogP contribution in [0, 0.1) is 5.82 Å². The van der Waals surface area contributed by atoms with Crippen LogP contribution < -0.4 is 20.4 Å². The predicted molar refractivity (Wildman–Crippen MR) is 169 cm³/mol. The van der Waals surface area contributed by atoms with E-state index in [0.29, 0.717) is 71.4 Å². The number of morpholine rings is 1. The molecular formula is C33H30FN7O3. The van der Waals surface area contributed by atoms with Crippen molar-refractivity contribution in [3.8, 4) is 22.5 Å². The zero-order valence-electron chi connectivity index (χ0n) is 24.3. The second-order valence-electron chi connectivity index (χ2n) is 10.3. The predicted octanol–water partition coefficient (Wildman–Crippen LogP) is 5.96. The van der Waals surface area contributed by atoms with Crippen molar-refractivity contribution in [1.82, 2.24) is 15.0 Å². The van der Waals surface area contributed by atoms with Crippen LogP contribution in [0.4, 0.5) is 32.1 Å². The quantitative estimate of drug-likeness (QED) is 0.251. The number of nitrogens with one attached hydrogen (secondary N) is 2. The molecule has 0 unspecified atom stereocenters. The van der Waals surface area contributed by atoms with Crippen LogP contribution in [-0.4, -0.2) is 60.2 Å². The summed E-state index contributed by atoms with van der Waals surface area (Å²) in [4.78, 5) is 41.7. The number of anilines is 4. The van der Waals surface area contributed by atoms with Crippen LogP contribution in [0.1, 0.15) is 6.92 Å². The number of aromatic nitrogens is 3. The highest BCUT2D eigenvalue weighted by molar-refractivity contribution is 6.00. The summed E-state index contributed by atoms with van der Waals surface area (Å²) in [5.74, 6) is 0.674. The van der Waals surface area contributed by atoms with Crippen molar-refractivity contribution in [2.45, 2.75) is 6.92 Å². The molecule has 0 saturated carbocycles. The number of urea groups is 1. The van der Waals surface area contributed by atoms with Gasteiger partial charge in [0, 0.05) is 78.6 Å². The largest absolute Gasteiger partial charge is 0.378 e. The van der Waals surface area contributed by atoms with Gasteiger partial charge >= 0.3 is 6.03 Å². The van der Waals surface area contributed by atoms with E-state index >= 15 is 4.39 Å². The van der Waals surface area contributed by atoms with Crippen molar-refractivity contribution in [2.75, 3.05) is 53.8 Å². The Labute approximate surface area is 253 Å². The Bertz CT molecular complexity index is 1810. The van der Waals surface area contributed by atoms with Gasteiger partial charge in [0.05, 0.1) is 18.7 Å². The lowest BCUT2D eigenvalue weighted by atomic mass is 10.0. The maximum Gasteiger partial charge on any atom is 0.323 e. The smallest absolute Gasteiger partial charge is 0.323 e. The van der Waals surface area contributed by atoms with E-state index in [9.17, 15) is 9.59 Å². The molecule has 0 bridgehead atoms. The highest BCUT2D eigenvalue weighted by Gasteiger charge is 2.20. The van der Waals surface area contributed by atoms with Gasteiger partial charge in [0.2, 0.25) is 5.91 Å². The second-order valence-corrected chi connectivity index (χ2v) is 10.3. The van der Waals surface area contributed by atoms with Gasteiger partial charge in [-0.2, -0.15) is 0 Å². The number of amides is 3. The lowest BCUT2D eigenvalue weighted by Gasteiger charge is -2.29. The minimum absolute atomic E-state index is 0.0818. The number of hydrogen-bond acceptors (Lipinski definition) is 7. The number of fused-ring (bicyclic) bond motifs is 1. The summed E-state index contributed by atoms with van der Waals surface area (Å²) in [6.07, 6.45) is 3.27. The second kappa shape index (κ2) is 12.4. The molecule has 0 aliphatic carbocycles. The Kier molecular flexibility index (Phi) is 8.11. The fraction of sp³-hybridized carbons (Fsp3) is 0.182. The summed E-state index contributed by atoms with van der Waals surface area (Å²) in [5, 5.41) is 6.24. The van der Waals surface area contributed by atoms with E-state index < -0.39 is 6.03 Å². The summed E-state index contributed by atoms with van der Waals surface area (Å²) < 4.78 is 20.9. The van der Waals surface area contributed by atoms with Crippen LogP contribution in [0.3, 0.4) is 0 Å². The third kappa shape index (κ3) is 6.18. The molecule has 0 radical (unpaired) electrons. The molecule has 1 aliphatic heterocycles. The molecule has 1 saturated heterocycles. The first-order valence-electron chi connectivity index (χ1n) is 14.1. The molecule has 222 valence electrons. The molecule has 5 aromatic rings.